The van der Waals surface area contributed by atoms with Crippen molar-refractivity contribution in [1.82, 2.24) is 15.5 Å². The van der Waals surface area contributed by atoms with Gasteiger partial charge in [-0.05, 0) is 38.4 Å². The van der Waals surface area contributed by atoms with E-state index >= 15 is 0 Å². The zero-order valence-electron chi connectivity index (χ0n) is 11.4. The first kappa shape index (κ1) is 16.4. The van der Waals surface area contributed by atoms with Crippen molar-refractivity contribution < 1.29 is 4.79 Å². The zero-order chi connectivity index (χ0) is 13.0. The molecule has 0 aliphatic carbocycles. The van der Waals surface area contributed by atoms with Gasteiger partial charge in [-0.1, -0.05) is 6.07 Å². The minimum atomic E-state index is 0. The largest absolute Gasteiger partial charge is 0.348 e. The molecular formula is C13H22ClN3OS. The van der Waals surface area contributed by atoms with Gasteiger partial charge in [-0.25, -0.2) is 0 Å². The Balaban J connectivity index is 0.00000180. The van der Waals surface area contributed by atoms with Crippen LogP contribution >= 0.6 is 23.7 Å². The molecule has 2 rings (SSSR count). The predicted molar refractivity (Wildman–Crippen MR) is 82.0 cm³/mol. The smallest absolute Gasteiger partial charge is 0.234 e. The molecule has 1 aromatic heterocycles. The third-order valence-corrected chi connectivity index (χ3v) is 4.45. The van der Waals surface area contributed by atoms with Crippen LogP contribution in [0.5, 0.6) is 0 Å². The number of likely N-dealkylation sites (N-methyl/N-ethyl adjacent to an activating group) is 1. The predicted octanol–water partition coefficient (Wildman–Crippen LogP) is 1.64. The summed E-state index contributed by atoms with van der Waals surface area (Å²) in [5.41, 5.74) is 0. The van der Waals surface area contributed by atoms with Crippen LogP contribution in [-0.4, -0.2) is 43.5 Å². The second-order valence-electron chi connectivity index (χ2n) is 4.87. The third kappa shape index (κ3) is 4.76. The molecule has 1 aliphatic heterocycles. The summed E-state index contributed by atoms with van der Waals surface area (Å²) >= 11 is 1.68. The van der Waals surface area contributed by atoms with Crippen molar-refractivity contribution in [2.75, 3.05) is 26.7 Å². The summed E-state index contributed by atoms with van der Waals surface area (Å²) in [4.78, 5) is 15.3. The number of thiophene rings is 1. The van der Waals surface area contributed by atoms with E-state index in [9.17, 15) is 4.79 Å². The molecule has 2 N–H and O–H groups in total. The summed E-state index contributed by atoms with van der Waals surface area (Å²) in [6.45, 7) is 4.55. The maximum absolute atomic E-state index is 11.9. The molecule has 6 heteroatoms. The van der Waals surface area contributed by atoms with E-state index in [1.165, 1.54) is 4.88 Å². The summed E-state index contributed by atoms with van der Waals surface area (Å²) in [5.74, 6) is 0.102. The Bertz CT molecular complexity index is 379. The van der Waals surface area contributed by atoms with E-state index in [1.807, 2.05) is 25.4 Å². The molecule has 0 spiro atoms. The molecule has 2 unspecified atom stereocenters. The Kier molecular flexibility index (Phi) is 6.79. The molecule has 19 heavy (non-hydrogen) atoms. The van der Waals surface area contributed by atoms with E-state index in [0.717, 1.165) is 19.5 Å². The highest BCUT2D eigenvalue weighted by molar-refractivity contribution is 7.10. The minimum Gasteiger partial charge on any atom is -0.348 e. The highest BCUT2D eigenvalue weighted by Crippen LogP contribution is 2.17. The van der Waals surface area contributed by atoms with Gasteiger partial charge in [0.15, 0.2) is 0 Å². The van der Waals surface area contributed by atoms with Crippen LogP contribution in [0.1, 0.15) is 24.3 Å². The molecule has 0 radical (unpaired) electrons. The molecule has 1 saturated heterocycles. The van der Waals surface area contributed by atoms with E-state index in [4.69, 9.17) is 0 Å². The van der Waals surface area contributed by atoms with Crippen molar-refractivity contribution in [2.45, 2.75) is 25.4 Å². The third-order valence-electron chi connectivity index (χ3n) is 3.40. The average Bonchev–Trinajstić information content (AvgIpc) is 3.02. The van der Waals surface area contributed by atoms with Crippen molar-refractivity contribution >= 4 is 29.7 Å². The normalized spacial score (nSPS) is 20.1. The number of nitrogens with zero attached hydrogens (tertiary/aromatic N) is 1. The molecule has 108 valence electrons. The molecular weight excluding hydrogens is 282 g/mol. The van der Waals surface area contributed by atoms with Crippen LogP contribution in [-0.2, 0) is 4.79 Å². The van der Waals surface area contributed by atoms with Gasteiger partial charge in [-0.3, -0.25) is 9.69 Å². The van der Waals surface area contributed by atoms with Crippen LogP contribution < -0.4 is 10.6 Å². The van der Waals surface area contributed by atoms with E-state index in [2.05, 4.69) is 21.6 Å². The van der Waals surface area contributed by atoms with Crippen LogP contribution in [0.25, 0.3) is 0 Å². The topological polar surface area (TPSA) is 44.4 Å². The summed E-state index contributed by atoms with van der Waals surface area (Å²) in [7, 11) is 2.02. The molecule has 0 aromatic carbocycles. The van der Waals surface area contributed by atoms with Crippen molar-refractivity contribution in [3.63, 3.8) is 0 Å². The lowest BCUT2D eigenvalue weighted by atomic mass is 10.2. The summed E-state index contributed by atoms with van der Waals surface area (Å²) < 4.78 is 0. The quantitative estimate of drug-likeness (QED) is 0.869. The van der Waals surface area contributed by atoms with E-state index in [0.29, 0.717) is 12.6 Å². The van der Waals surface area contributed by atoms with E-state index in [-0.39, 0.29) is 24.4 Å². The van der Waals surface area contributed by atoms with Gasteiger partial charge < -0.3 is 10.6 Å². The highest BCUT2D eigenvalue weighted by atomic mass is 35.5. The molecule has 1 aliphatic rings. The number of carbonyl (C=O) groups excluding carboxylic acids is 1. The van der Waals surface area contributed by atoms with Gasteiger partial charge >= 0.3 is 0 Å². The average molecular weight is 304 g/mol. The number of hydrogen-bond acceptors (Lipinski definition) is 4. The number of halogens is 1. The fraction of sp³-hybridized carbons (Fsp3) is 0.615. The second kappa shape index (κ2) is 7.85. The number of carbonyl (C=O) groups is 1. The van der Waals surface area contributed by atoms with Gasteiger partial charge in [0.1, 0.15) is 0 Å². The van der Waals surface area contributed by atoms with Gasteiger partial charge in [-0.2, -0.15) is 0 Å². The lowest BCUT2D eigenvalue weighted by Gasteiger charge is -2.23. The molecule has 1 aromatic rings. The number of nitrogens with one attached hydrogen (secondary N) is 2. The monoisotopic (exact) mass is 303 g/mol. The number of hydrogen-bond donors (Lipinski definition) is 2. The maximum Gasteiger partial charge on any atom is 0.234 e. The van der Waals surface area contributed by atoms with Crippen LogP contribution in [0.15, 0.2) is 17.5 Å². The SMILES string of the molecule is CC(NC(=O)CN(C)C1CCNC1)c1cccs1.Cl. The van der Waals surface area contributed by atoms with Crippen molar-refractivity contribution in [2.24, 2.45) is 0 Å². The van der Waals surface area contributed by atoms with Gasteiger partial charge in [0, 0.05) is 17.5 Å². The fourth-order valence-electron chi connectivity index (χ4n) is 2.27. The van der Waals surface area contributed by atoms with Crippen molar-refractivity contribution in [1.29, 1.82) is 0 Å². The molecule has 1 amide bonds. The van der Waals surface area contributed by atoms with Crippen LogP contribution in [0.4, 0.5) is 0 Å². The first-order valence-electron chi connectivity index (χ1n) is 6.40. The Morgan fingerprint density at radius 3 is 3.05 bits per heavy atom. The van der Waals surface area contributed by atoms with Gasteiger partial charge in [-0.15, -0.1) is 23.7 Å². The first-order valence-corrected chi connectivity index (χ1v) is 7.28. The van der Waals surface area contributed by atoms with Crippen molar-refractivity contribution in [3.8, 4) is 0 Å². The highest BCUT2D eigenvalue weighted by Gasteiger charge is 2.21. The molecule has 2 heterocycles. The van der Waals surface area contributed by atoms with Crippen molar-refractivity contribution in [3.05, 3.63) is 22.4 Å². The second-order valence-corrected chi connectivity index (χ2v) is 5.85. The Hall–Kier alpha value is -0.620. The molecule has 1 fully saturated rings. The van der Waals surface area contributed by atoms with E-state index in [1.54, 1.807) is 11.3 Å². The standard InChI is InChI=1S/C13H21N3OS.ClH/c1-10(12-4-3-7-18-12)15-13(17)9-16(2)11-5-6-14-8-11;/h3-4,7,10-11,14H,5-6,8-9H2,1-2H3,(H,15,17);1H. The molecule has 4 nitrogen and oxygen atoms in total. The fourth-order valence-corrected chi connectivity index (χ4v) is 3.00. The molecule has 0 bridgehead atoms. The van der Waals surface area contributed by atoms with Gasteiger partial charge in [0.25, 0.3) is 0 Å². The van der Waals surface area contributed by atoms with Crippen LogP contribution in [0.3, 0.4) is 0 Å². The summed E-state index contributed by atoms with van der Waals surface area (Å²) in [6, 6.07) is 4.67. The lowest BCUT2D eigenvalue weighted by molar-refractivity contribution is -0.123. The Labute approximate surface area is 125 Å². The number of amides is 1. The molecule has 0 saturated carbocycles. The maximum atomic E-state index is 11.9. The van der Waals surface area contributed by atoms with Gasteiger partial charge in [0.05, 0.1) is 12.6 Å². The molecule has 2 atom stereocenters. The van der Waals surface area contributed by atoms with E-state index < -0.39 is 0 Å². The first-order chi connectivity index (χ1) is 8.66. The van der Waals surface area contributed by atoms with Crippen LogP contribution in [0.2, 0.25) is 0 Å². The Morgan fingerprint density at radius 1 is 1.68 bits per heavy atom. The van der Waals surface area contributed by atoms with Crippen LogP contribution in [0, 0.1) is 0 Å². The lowest BCUT2D eigenvalue weighted by Crippen LogP contribution is -2.42. The number of rotatable bonds is 5. The zero-order valence-corrected chi connectivity index (χ0v) is 13.0. The van der Waals surface area contributed by atoms with Gasteiger partial charge in [0.2, 0.25) is 5.91 Å². The Morgan fingerprint density at radius 2 is 2.47 bits per heavy atom. The summed E-state index contributed by atoms with van der Waals surface area (Å²) in [5, 5.41) is 8.40. The minimum absolute atomic E-state index is 0. The summed E-state index contributed by atoms with van der Waals surface area (Å²) in [6.07, 6.45) is 1.13.